The summed E-state index contributed by atoms with van der Waals surface area (Å²) >= 11 is 5.93. The predicted molar refractivity (Wildman–Crippen MR) is 73.3 cm³/mol. The van der Waals surface area contributed by atoms with Crippen molar-refractivity contribution < 1.29 is 9.47 Å². The Kier molecular flexibility index (Phi) is 5.29. The Morgan fingerprint density at radius 2 is 2.44 bits per heavy atom. The Labute approximate surface area is 113 Å². The topological polar surface area (TPSA) is 30.5 Å². The van der Waals surface area contributed by atoms with E-state index in [0.29, 0.717) is 23.6 Å². The van der Waals surface area contributed by atoms with E-state index in [9.17, 15) is 0 Å². The van der Waals surface area contributed by atoms with Crippen molar-refractivity contribution in [3.05, 3.63) is 29.3 Å². The van der Waals surface area contributed by atoms with E-state index in [2.05, 4.69) is 5.32 Å². The van der Waals surface area contributed by atoms with Gasteiger partial charge < -0.3 is 14.8 Å². The molecule has 0 bridgehead atoms. The Balaban J connectivity index is 1.86. The average molecular weight is 270 g/mol. The van der Waals surface area contributed by atoms with Crippen LogP contribution < -0.4 is 10.1 Å². The molecule has 1 aromatic rings. The molecule has 0 radical (unpaired) electrons. The summed E-state index contributed by atoms with van der Waals surface area (Å²) in [6.07, 6.45) is 2.34. The molecule has 100 valence electrons. The van der Waals surface area contributed by atoms with E-state index < -0.39 is 0 Å². The van der Waals surface area contributed by atoms with E-state index in [0.717, 1.165) is 25.4 Å². The fourth-order valence-corrected chi connectivity index (χ4v) is 2.46. The second-order valence-corrected chi connectivity index (χ2v) is 5.08. The number of hydrogen-bond donors (Lipinski definition) is 1. The maximum atomic E-state index is 5.93. The third kappa shape index (κ3) is 3.87. The number of nitrogens with one attached hydrogen (secondary N) is 1. The molecule has 0 aromatic heterocycles. The average Bonchev–Trinajstić information content (AvgIpc) is 2.41. The first-order chi connectivity index (χ1) is 8.79. The van der Waals surface area contributed by atoms with Crippen molar-refractivity contribution in [2.75, 3.05) is 26.9 Å². The van der Waals surface area contributed by atoms with Crippen molar-refractivity contribution in [1.29, 1.82) is 0 Å². The maximum absolute atomic E-state index is 5.93. The summed E-state index contributed by atoms with van der Waals surface area (Å²) in [5, 5.41) is 4.02. The van der Waals surface area contributed by atoms with Gasteiger partial charge >= 0.3 is 0 Å². The summed E-state index contributed by atoms with van der Waals surface area (Å²) in [5.41, 5.74) is 0. The van der Waals surface area contributed by atoms with Crippen LogP contribution in [0.15, 0.2) is 24.3 Å². The van der Waals surface area contributed by atoms with E-state index in [-0.39, 0.29) is 0 Å². The minimum Gasteiger partial charge on any atom is -0.492 e. The molecule has 18 heavy (non-hydrogen) atoms. The second kappa shape index (κ2) is 6.98. The zero-order chi connectivity index (χ0) is 12.8. The first-order valence-corrected chi connectivity index (χ1v) is 6.81. The zero-order valence-corrected chi connectivity index (χ0v) is 11.5. The number of hydrogen-bond acceptors (Lipinski definition) is 3. The van der Waals surface area contributed by atoms with E-state index in [1.807, 2.05) is 31.3 Å². The summed E-state index contributed by atoms with van der Waals surface area (Å²) in [6.45, 7) is 2.36. The molecule has 1 N–H and O–H groups in total. The first kappa shape index (κ1) is 13.7. The molecule has 4 heteroatoms. The SMILES string of the molecule is CNC(COc1cccc(Cl)c1)C1CCCOC1. The lowest BCUT2D eigenvalue weighted by Crippen LogP contribution is -2.42. The van der Waals surface area contributed by atoms with E-state index >= 15 is 0 Å². The van der Waals surface area contributed by atoms with Crippen LogP contribution in [-0.2, 0) is 4.74 Å². The molecular formula is C14H20ClNO2. The molecular weight excluding hydrogens is 250 g/mol. The molecule has 2 rings (SSSR count). The van der Waals surface area contributed by atoms with Gasteiger partial charge in [0.05, 0.1) is 6.61 Å². The van der Waals surface area contributed by atoms with Gasteiger partial charge in [0.25, 0.3) is 0 Å². The van der Waals surface area contributed by atoms with Gasteiger partial charge in [0.1, 0.15) is 12.4 Å². The standard InChI is InChI=1S/C14H20ClNO2/c1-16-14(11-4-3-7-17-9-11)10-18-13-6-2-5-12(15)8-13/h2,5-6,8,11,14,16H,3-4,7,9-10H2,1H3. The van der Waals surface area contributed by atoms with Crippen LogP contribution in [0, 0.1) is 5.92 Å². The molecule has 1 aliphatic rings. The van der Waals surface area contributed by atoms with E-state index in [4.69, 9.17) is 21.1 Å². The maximum Gasteiger partial charge on any atom is 0.120 e. The molecule has 0 spiro atoms. The van der Waals surface area contributed by atoms with Gasteiger partial charge in [0, 0.05) is 23.6 Å². The van der Waals surface area contributed by atoms with Crippen LogP contribution in [0.5, 0.6) is 5.75 Å². The summed E-state index contributed by atoms with van der Waals surface area (Å²) in [7, 11) is 1.97. The zero-order valence-electron chi connectivity index (χ0n) is 10.7. The smallest absolute Gasteiger partial charge is 0.120 e. The quantitative estimate of drug-likeness (QED) is 0.892. The number of benzene rings is 1. The molecule has 2 unspecified atom stereocenters. The normalized spacial score (nSPS) is 21.6. The highest BCUT2D eigenvalue weighted by atomic mass is 35.5. The van der Waals surface area contributed by atoms with Crippen LogP contribution in [0.4, 0.5) is 0 Å². The molecule has 1 saturated heterocycles. The van der Waals surface area contributed by atoms with Gasteiger partial charge in [-0.1, -0.05) is 17.7 Å². The molecule has 0 amide bonds. The van der Waals surface area contributed by atoms with Crippen molar-refractivity contribution in [2.45, 2.75) is 18.9 Å². The number of ether oxygens (including phenoxy) is 2. The van der Waals surface area contributed by atoms with Gasteiger partial charge in [-0.05, 0) is 38.1 Å². The van der Waals surface area contributed by atoms with Crippen LogP contribution in [-0.4, -0.2) is 32.9 Å². The third-order valence-corrected chi connectivity index (χ3v) is 3.60. The molecule has 1 fully saturated rings. The van der Waals surface area contributed by atoms with Crippen molar-refractivity contribution >= 4 is 11.6 Å². The Hall–Kier alpha value is -0.770. The molecule has 1 aromatic carbocycles. The van der Waals surface area contributed by atoms with Gasteiger partial charge in [0.2, 0.25) is 0 Å². The monoisotopic (exact) mass is 269 g/mol. The molecule has 2 atom stereocenters. The summed E-state index contributed by atoms with van der Waals surface area (Å²) < 4.78 is 11.3. The van der Waals surface area contributed by atoms with Gasteiger partial charge in [-0.15, -0.1) is 0 Å². The minimum atomic E-state index is 0.323. The predicted octanol–water partition coefficient (Wildman–Crippen LogP) is 2.73. The summed E-state index contributed by atoms with van der Waals surface area (Å²) in [5.74, 6) is 1.35. The second-order valence-electron chi connectivity index (χ2n) is 4.64. The van der Waals surface area contributed by atoms with Crippen LogP contribution in [0.3, 0.4) is 0 Å². The number of halogens is 1. The highest BCUT2D eigenvalue weighted by Gasteiger charge is 2.23. The van der Waals surface area contributed by atoms with E-state index in [1.54, 1.807) is 0 Å². The lowest BCUT2D eigenvalue weighted by atomic mass is 9.94. The van der Waals surface area contributed by atoms with Crippen LogP contribution in [0.1, 0.15) is 12.8 Å². The largest absolute Gasteiger partial charge is 0.492 e. The Morgan fingerprint density at radius 1 is 1.56 bits per heavy atom. The van der Waals surface area contributed by atoms with E-state index in [1.165, 1.54) is 6.42 Å². The fraction of sp³-hybridized carbons (Fsp3) is 0.571. The van der Waals surface area contributed by atoms with Crippen LogP contribution in [0.25, 0.3) is 0 Å². The Morgan fingerprint density at radius 3 is 3.11 bits per heavy atom. The highest BCUT2D eigenvalue weighted by molar-refractivity contribution is 6.30. The molecule has 0 aliphatic carbocycles. The molecule has 0 saturated carbocycles. The van der Waals surface area contributed by atoms with Gasteiger partial charge in [-0.25, -0.2) is 0 Å². The minimum absolute atomic E-state index is 0.323. The van der Waals surface area contributed by atoms with Crippen LogP contribution >= 0.6 is 11.6 Å². The lowest BCUT2D eigenvalue weighted by molar-refractivity contribution is 0.0321. The lowest BCUT2D eigenvalue weighted by Gasteiger charge is -2.29. The molecule has 1 heterocycles. The fourth-order valence-electron chi connectivity index (χ4n) is 2.28. The summed E-state index contributed by atoms with van der Waals surface area (Å²) in [6, 6.07) is 7.83. The number of rotatable bonds is 5. The molecule has 1 aliphatic heterocycles. The first-order valence-electron chi connectivity index (χ1n) is 6.43. The van der Waals surface area contributed by atoms with Crippen molar-refractivity contribution in [1.82, 2.24) is 5.32 Å². The van der Waals surface area contributed by atoms with Gasteiger partial charge in [0.15, 0.2) is 0 Å². The van der Waals surface area contributed by atoms with Crippen molar-refractivity contribution in [2.24, 2.45) is 5.92 Å². The van der Waals surface area contributed by atoms with Gasteiger partial charge in [-0.2, -0.15) is 0 Å². The number of likely N-dealkylation sites (N-methyl/N-ethyl adjacent to an activating group) is 1. The highest BCUT2D eigenvalue weighted by Crippen LogP contribution is 2.20. The van der Waals surface area contributed by atoms with Crippen LogP contribution in [0.2, 0.25) is 5.02 Å². The molecule has 3 nitrogen and oxygen atoms in total. The van der Waals surface area contributed by atoms with Gasteiger partial charge in [-0.3, -0.25) is 0 Å². The van der Waals surface area contributed by atoms with Crippen molar-refractivity contribution in [3.63, 3.8) is 0 Å². The third-order valence-electron chi connectivity index (χ3n) is 3.36. The Bertz CT molecular complexity index is 367. The van der Waals surface area contributed by atoms with Crippen molar-refractivity contribution in [3.8, 4) is 5.75 Å². The summed E-state index contributed by atoms with van der Waals surface area (Å²) in [4.78, 5) is 0.